The van der Waals surface area contributed by atoms with E-state index in [0.29, 0.717) is 12.8 Å². The summed E-state index contributed by atoms with van der Waals surface area (Å²) >= 11 is 1.17. The number of carboxylic acid groups (broad SMARTS) is 1. The Balaban J connectivity index is 1.38. The first-order chi connectivity index (χ1) is 16.7. The monoisotopic (exact) mass is 504 g/mol. The van der Waals surface area contributed by atoms with Gasteiger partial charge < -0.3 is 20.1 Å². The van der Waals surface area contributed by atoms with E-state index in [-0.39, 0.29) is 18.3 Å². The molecule has 186 valence electrons. The number of nitrogens with one attached hydrogen (secondary N) is 1. The topological polar surface area (TPSA) is 95.9 Å². The molecule has 0 saturated carbocycles. The molecule has 0 radical (unpaired) electrons. The second kappa shape index (κ2) is 10.2. The predicted octanol–water partition coefficient (Wildman–Crippen LogP) is 4.32. The molecule has 1 fully saturated rings. The second-order valence-corrected chi connectivity index (χ2v) is 9.74. The Morgan fingerprint density at radius 3 is 2.29 bits per heavy atom. The maximum absolute atomic E-state index is 14.8. The van der Waals surface area contributed by atoms with Crippen molar-refractivity contribution in [2.75, 3.05) is 18.9 Å². The summed E-state index contributed by atoms with van der Waals surface area (Å²) in [6.45, 7) is 0.491. The zero-order valence-electron chi connectivity index (χ0n) is 19.1. The Hall–Kier alpha value is -3.14. The fraction of sp³-hybridized carbons (Fsp3) is 0.400. The van der Waals surface area contributed by atoms with Gasteiger partial charge >= 0.3 is 18.0 Å². The van der Waals surface area contributed by atoms with Crippen LogP contribution in [0.2, 0.25) is 0 Å². The van der Waals surface area contributed by atoms with Crippen LogP contribution in [0.25, 0.3) is 11.1 Å². The number of hydrogen-bond acceptors (Lipinski definition) is 5. The highest BCUT2D eigenvalue weighted by Crippen LogP contribution is 2.44. The molecule has 2 aromatic rings. The minimum Gasteiger partial charge on any atom is -0.480 e. The average Bonchev–Trinajstić information content (AvgIpc) is 3.40. The van der Waals surface area contributed by atoms with Crippen LogP contribution in [-0.4, -0.2) is 64.2 Å². The molecule has 1 aliphatic heterocycles. The number of nitrogens with zero attached hydrogens (tertiary/aromatic N) is 1. The van der Waals surface area contributed by atoms with Gasteiger partial charge in [0.2, 0.25) is 0 Å². The number of rotatable bonds is 8. The van der Waals surface area contributed by atoms with Gasteiger partial charge in [0.05, 0.1) is 11.9 Å². The fourth-order valence-electron chi connectivity index (χ4n) is 4.59. The van der Waals surface area contributed by atoms with E-state index in [9.17, 15) is 28.3 Å². The van der Waals surface area contributed by atoms with Crippen LogP contribution in [0.3, 0.4) is 0 Å². The number of alkyl carbamates (subject to hydrolysis) is 1. The van der Waals surface area contributed by atoms with Crippen LogP contribution < -0.4 is 5.32 Å². The first-order valence-corrected chi connectivity index (χ1v) is 12.4. The smallest absolute Gasteiger partial charge is 0.407 e. The van der Waals surface area contributed by atoms with Gasteiger partial charge in [0.1, 0.15) is 12.6 Å². The van der Waals surface area contributed by atoms with Crippen LogP contribution >= 0.6 is 11.8 Å². The molecule has 2 aliphatic rings. The van der Waals surface area contributed by atoms with Crippen LogP contribution in [0.5, 0.6) is 0 Å². The Bertz CT molecular complexity index is 1080. The lowest BCUT2D eigenvalue weighted by atomic mass is 9.98. The summed E-state index contributed by atoms with van der Waals surface area (Å²) in [5.74, 6) is -7.10. The molecule has 35 heavy (non-hydrogen) atoms. The molecular weight excluding hydrogens is 478 g/mol. The van der Waals surface area contributed by atoms with Gasteiger partial charge in [-0.05, 0) is 28.7 Å². The molecule has 1 saturated heterocycles. The summed E-state index contributed by atoms with van der Waals surface area (Å²) in [5, 5.41) is 10.7. The molecule has 2 amide bonds. The molecule has 0 bridgehead atoms. The maximum atomic E-state index is 14.8. The van der Waals surface area contributed by atoms with Crippen molar-refractivity contribution < 1.29 is 33.0 Å². The summed E-state index contributed by atoms with van der Waals surface area (Å²) in [5.41, 5.74) is 4.03. The molecule has 4 rings (SSSR count). The minimum atomic E-state index is -3.98. The fourth-order valence-corrected chi connectivity index (χ4v) is 6.11. The van der Waals surface area contributed by atoms with Crippen molar-refractivity contribution in [3.63, 3.8) is 0 Å². The van der Waals surface area contributed by atoms with Crippen molar-refractivity contribution in [2.45, 2.75) is 43.0 Å². The number of amides is 2. The third kappa shape index (κ3) is 4.98. The van der Waals surface area contributed by atoms with Gasteiger partial charge in [0.25, 0.3) is 5.91 Å². The maximum Gasteiger partial charge on any atom is 0.407 e. The lowest BCUT2D eigenvalue weighted by Gasteiger charge is -2.30. The minimum absolute atomic E-state index is 0.0433. The van der Waals surface area contributed by atoms with E-state index in [4.69, 9.17) is 4.74 Å². The van der Waals surface area contributed by atoms with E-state index in [1.165, 1.54) is 11.8 Å². The number of aliphatic carboxylic acids is 1. The molecule has 10 heteroatoms. The Morgan fingerprint density at radius 1 is 1.11 bits per heavy atom. The number of ether oxygens (including phenoxy) is 1. The highest BCUT2D eigenvalue weighted by molar-refractivity contribution is 8.00. The Labute approximate surface area is 205 Å². The number of benzene rings is 2. The number of fused-ring (bicyclic) bond motifs is 3. The lowest BCUT2D eigenvalue weighted by molar-refractivity contribution is -0.164. The van der Waals surface area contributed by atoms with Crippen LogP contribution in [-0.2, 0) is 14.3 Å². The van der Waals surface area contributed by atoms with Gasteiger partial charge in [0, 0.05) is 11.7 Å². The van der Waals surface area contributed by atoms with Crippen molar-refractivity contribution >= 4 is 29.7 Å². The van der Waals surface area contributed by atoms with Crippen molar-refractivity contribution in [1.82, 2.24) is 10.2 Å². The number of halogens is 2. The summed E-state index contributed by atoms with van der Waals surface area (Å²) in [6.07, 6.45) is -0.0667. The number of carboxylic acids is 1. The van der Waals surface area contributed by atoms with Crippen molar-refractivity contribution in [3.8, 4) is 11.1 Å². The largest absolute Gasteiger partial charge is 0.480 e. The van der Waals surface area contributed by atoms with E-state index in [2.05, 4.69) is 0 Å². The SMILES string of the molecule is CCCC1SCC(C(=O)O)N1C(=O)C(F)(F)CNC(=O)OCC1c2ccccc2-c2ccccc21. The lowest BCUT2D eigenvalue weighted by Crippen LogP contribution is -2.55. The number of thioether (sulfide) groups is 1. The van der Waals surface area contributed by atoms with Crippen LogP contribution in [0.1, 0.15) is 36.8 Å². The molecular formula is C25H26F2N2O5S. The molecule has 2 aromatic carbocycles. The molecule has 1 heterocycles. The molecule has 0 aromatic heterocycles. The highest BCUT2D eigenvalue weighted by Gasteiger charge is 2.51. The molecule has 0 spiro atoms. The summed E-state index contributed by atoms with van der Waals surface area (Å²) in [4.78, 5) is 37.1. The molecule has 2 unspecified atom stereocenters. The Morgan fingerprint density at radius 2 is 1.71 bits per heavy atom. The van der Waals surface area contributed by atoms with Gasteiger partial charge in [-0.3, -0.25) is 4.79 Å². The van der Waals surface area contributed by atoms with Gasteiger partial charge in [-0.15, -0.1) is 11.8 Å². The first kappa shape index (κ1) is 25.0. The highest BCUT2D eigenvalue weighted by atomic mass is 32.2. The standard InChI is InChI=1S/C25H26F2N2O5S/c1-2-7-21-29(20(13-35-21)22(30)31)23(32)25(26,27)14-28-24(33)34-12-19-17-10-5-3-8-15(17)16-9-4-6-11-18(16)19/h3-6,8-11,19-21H,2,7,12-14H2,1H3,(H,28,33)(H,30,31). The zero-order chi connectivity index (χ0) is 25.2. The second-order valence-electron chi connectivity index (χ2n) is 8.53. The molecule has 1 aliphatic carbocycles. The third-order valence-corrected chi connectivity index (χ3v) is 7.61. The van der Waals surface area contributed by atoms with Gasteiger partial charge in [-0.2, -0.15) is 8.78 Å². The molecule has 2 atom stereocenters. The van der Waals surface area contributed by atoms with Crippen molar-refractivity contribution in [1.29, 1.82) is 0 Å². The van der Waals surface area contributed by atoms with E-state index < -0.39 is 41.9 Å². The van der Waals surface area contributed by atoms with Crippen LogP contribution in [0.15, 0.2) is 48.5 Å². The van der Waals surface area contributed by atoms with Gasteiger partial charge in [-0.1, -0.05) is 61.9 Å². The third-order valence-electron chi connectivity index (χ3n) is 6.26. The number of carbonyl (C=O) groups excluding carboxylic acids is 2. The summed E-state index contributed by atoms with van der Waals surface area (Å²) in [7, 11) is 0. The summed E-state index contributed by atoms with van der Waals surface area (Å²) in [6, 6.07) is 14.1. The van der Waals surface area contributed by atoms with E-state index in [0.717, 1.165) is 27.2 Å². The van der Waals surface area contributed by atoms with Crippen molar-refractivity contribution in [3.05, 3.63) is 59.7 Å². The van der Waals surface area contributed by atoms with Crippen molar-refractivity contribution in [2.24, 2.45) is 0 Å². The van der Waals surface area contributed by atoms with E-state index in [1.54, 1.807) is 0 Å². The van der Waals surface area contributed by atoms with E-state index >= 15 is 0 Å². The normalized spacial score (nSPS) is 19.2. The zero-order valence-corrected chi connectivity index (χ0v) is 19.9. The Kier molecular flexibility index (Phi) is 7.30. The molecule has 2 N–H and O–H groups in total. The van der Waals surface area contributed by atoms with E-state index in [1.807, 2.05) is 60.8 Å². The quantitative estimate of drug-likeness (QED) is 0.556. The van der Waals surface area contributed by atoms with Gasteiger partial charge in [0.15, 0.2) is 0 Å². The molecule has 7 nitrogen and oxygen atoms in total. The summed E-state index contributed by atoms with van der Waals surface area (Å²) < 4.78 is 34.8. The van der Waals surface area contributed by atoms with Gasteiger partial charge in [-0.25, -0.2) is 9.59 Å². The van der Waals surface area contributed by atoms with Crippen LogP contribution in [0, 0.1) is 0 Å². The predicted molar refractivity (Wildman–Crippen MR) is 127 cm³/mol. The van der Waals surface area contributed by atoms with Crippen LogP contribution in [0.4, 0.5) is 13.6 Å². The number of carbonyl (C=O) groups is 3. The number of alkyl halides is 2. The first-order valence-electron chi connectivity index (χ1n) is 11.4. The average molecular weight is 505 g/mol. The number of hydrogen-bond donors (Lipinski definition) is 2.